The molecule has 0 spiro atoms. The normalized spacial score (nSPS) is 14.5. The van der Waals surface area contributed by atoms with E-state index in [1.807, 2.05) is 13.0 Å². The number of H-pyrrole nitrogens is 1. The minimum absolute atomic E-state index is 0.0439. The van der Waals surface area contributed by atoms with Crippen molar-refractivity contribution in [1.82, 2.24) is 25.9 Å². The van der Waals surface area contributed by atoms with Gasteiger partial charge in [-0.15, -0.1) is 0 Å². The highest BCUT2D eigenvalue weighted by Crippen LogP contribution is 2.14. The first-order chi connectivity index (χ1) is 20.1. The molecule has 3 amide bonds. The SMILES string of the molecule is CCC(C)C(NC(=O)C(Cc1ccc(O)cc1)NC(=O)C(N)Cc1cnc[nH]1)C(=O)NC(Cc1ccccc1)C(=O)O. The number of aromatic hydroxyl groups is 1. The second kappa shape index (κ2) is 15.3. The summed E-state index contributed by atoms with van der Waals surface area (Å²) in [6.45, 7) is 3.62. The van der Waals surface area contributed by atoms with Crippen molar-refractivity contribution in [2.45, 2.75) is 63.7 Å². The van der Waals surface area contributed by atoms with E-state index in [9.17, 15) is 29.4 Å². The zero-order chi connectivity index (χ0) is 30.6. The van der Waals surface area contributed by atoms with E-state index in [0.717, 1.165) is 5.56 Å². The molecule has 12 nitrogen and oxygen atoms in total. The molecule has 1 aromatic heterocycles. The summed E-state index contributed by atoms with van der Waals surface area (Å²) in [6, 6.07) is 10.7. The Bertz CT molecular complexity index is 1320. The Morgan fingerprint density at radius 2 is 1.48 bits per heavy atom. The molecule has 5 unspecified atom stereocenters. The third kappa shape index (κ3) is 9.44. The van der Waals surface area contributed by atoms with Crippen LogP contribution in [0.1, 0.15) is 37.1 Å². The number of nitrogens with two attached hydrogens (primary N) is 1. The number of aromatic nitrogens is 2. The fraction of sp³-hybridized carbons (Fsp3) is 0.367. The predicted molar refractivity (Wildman–Crippen MR) is 155 cm³/mol. The molecule has 0 aliphatic rings. The molecular formula is C30H38N6O6. The van der Waals surface area contributed by atoms with Crippen LogP contribution in [0, 0.1) is 5.92 Å². The fourth-order valence-corrected chi connectivity index (χ4v) is 4.35. The van der Waals surface area contributed by atoms with Crippen molar-refractivity contribution < 1.29 is 29.4 Å². The number of amides is 3. The third-order valence-electron chi connectivity index (χ3n) is 7.03. The average Bonchev–Trinajstić information content (AvgIpc) is 3.49. The van der Waals surface area contributed by atoms with E-state index in [0.29, 0.717) is 17.7 Å². The maximum absolute atomic E-state index is 13.6. The summed E-state index contributed by atoms with van der Waals surface area (Å²) in [4.78, 5) is 58.7. The minimum atomic E-state index is -1.21. The maximum atomic E-state index is 13.6. The van der Waals surface area contributed by atoms with E-state index in [2.05, 4.69) is 25.9 Å². The van der Waals surface area contributed by atoms with Crippen molar-refractivity contribution in [3.63, 3.8) is 0 Å². The largest absolute Gasteiger partial charge is 0.508 e. The fourth-order valence-electron chi connectivity index (χ4n) is 4.35. The average molecular weight is 579 g/mol. The van der Waals surface area contributed by atoms with Gasteiger partial charge in [-0.05, 0) is 29.2 Å². The van der Waals surface area contributed by atoms with Gasteiger partial charge < -0.3 is 36.9 Å². The van der Waals surface area contributed by atoms with Gasteiger partial charge >= 0.3 is 5.97 Å². The van der Waals surface area contributed by atoms with Crippen molar-refractivity contribution in [2.24, 2.45) is 11.7 Å². The first-order valence-electron chi connectivity index (χ1n) is 13.8. The summed E-state index contributed by atoms with van der Waals surface area (Å²) in [5.74, 6) is -3.38. The predicted octanol–water partition coefficient (Wildman–Crippen LogP) is 1.06. The van der Waals surface area contributed by atoms with Crippen LogP contribution in [0.4, 0.5) is 0 Å². The molecule has 3 aromatic rings. The van der Waals surface area contributed by atoms with Crippen LogP contribution in [0.15, 0.2) is 67.1 Å². The smallest absolute Gasteiger partial charge is 0.326 e. The summed E-state index contributed by atoms with van der Waals surface area (Å²) in [5.41, 5.74) is 8.12. The first kappa shape index (κ1) is 31.8. The van der Waals surface area contributed by atoms with Gasteiger partial charge in [0.1, 0.15) is 23.9 Å². The van der Waals surface area contributed by atoms with Crippen LogP contribution in [0.5, 0.6) is 5.75 Å². The third-order valence-corrected chi connectivity index (χ3v) is 7.03. The van der Waals surface area contributed by atoms with E-state index in [4.69, 9.17) is 5.73 Å². The number of imidazole rings is 1. The molecule has 42 heavy (non-hydrogen) atoms. The van der Waals surface area contributed by atoms with Crippen LogP contribution in [0.2, 0.25) is 0 Å². The van der Waals surface area contributed by atoms with Gasteiger partial charge in [0.2, 0.25) is 17.7 Å². The summed E-state index contributed by atoms with van der Waals surface area (Å²) in [7, 11) is 0. The molecule has 2 aromatic carbocycles. The quantitative estimate of drug-likeness (QED) is 0.139. The number of carboxylic acid groups (broad SMARTS) is 1. The highest BCUT2D eigenvalue weighted by Gasteiger charge is 2.33. The topological polar surface area (TPSA) is 200 Å². The molecule has 0 aliphatic heterocycles. The number of phenols is 1. The molecule has 12 heteroatoms. The number of aliphatic carboxylic acids is 1. The number of aromatic amines is 1. The van der Waals surface area contributed by atoms with Gasteiger partial charge in [0.05, 0.1) is 12.4 Å². The Balaban J connectivity index is 1.78. The molecule has 0 saturated carbocycles. The van der Waals surface area contributed by atoms with E-state index in [1.54, 1.807) is 49.5 Å². The second-order valence-corrected chi connectivity index (χ2v) is 10.3. The Morgan fingerprint density at radius 1 is 0.857 bits per heavy atom. The van der Waals surface area contributed by atoms with E-state index in [1.165, 1.54) is 18.5 Å². The number of benzene rings is 2. The van der Waals surface area contributed by atoms with Crippen LogP contribution in [0.25, 0.3) is 0 Å². The zero-order valence-electron chi connectivity index (χ0n) is 23.6. The summed E-state index contributed by atoms with van der Waals surface area (Å²) >= 11 is 0. The Hall–Kier alpha value is -4.71. The molecule has 8 N–H and O–H groups in total. The van der Waals surface area contributed by atoms with Crippen LogP contribution >= 0.6 is 0 Å². The van der Waals surface area contributed by atoms with Gasteiger partial charge in [-0.3, -0.25) is 14.4 Å². The minimum Gasteiger partial charge on any atom is -0.508 e. The number of hydrogen-bond donors (Lipinski definition) is 7. The zero-order valence-corrected chi connectivity index (χ0v) is 23.6. The van der Waals surface area contributed by atoms with E-state index >= 15 is 0 Å². The number of carbonyl (C=O) groups excluding carboxylic acids is 3. The molecule has 0 saturated heterocycles. The number of nitrogens with zero attached hydrogens (tertiary/aromatic N) is 1. The molecule has 0 radical (unpaired) electrons. The molecule has 0 fully saturated rings. The highest BCUT2D eigenvalue weighted by molar-refractivity contribution is 5.94. The molecular weight excluding hydrogens is 540 g/mol. The molecule has 224 valence electrons. The van der Waals surface area contributed by atoms with Gasteiger partial charge in [-0.2, -0.15) is 0 Å². The summed E-state index contributed by atoms with van der Waals surface area (Å²) in [5, 5.41) is 27.4. The molecule has 1 heterocycles. The van der Waals surface area contributed by atoms with Crippen molar-refractivity contribution in [3.05, 3.63) is 83.9 Å². The lowest BCUT2D eigenvalue weighted by Gasteiger charge is -2.28. The van der Waals surface area contributed by atoms with Crippen LogP contribution in [0.3, 0.4) is 0 Å². The monoisotopic (exact) mass is 578 g/mol. The summed E-state index contributed by atoms with van der Waals surface area (Å²) < 4.78 is 0. The lowest BCUT2D eigenvalue weighted by atomic mass is 9.96. The van der Waals surface area contributed by atoms with Crippen LogP contribution < -0.4 is 21.7 Å². The van der Waals surface area contributed by atoms with Crippen molar-refractivity contribution >= 4 is 23.7 Å². The van der Waals surface area contributed by atoms with Gasteiger partial charge in [0.15, 0.2) is 0 Å². The molecule has 3 rings (SSSR count). The Labute approximate surface area is 244 Å². The van der Waals surface area contributed by atoms with E-state index in [-0.39, 0.29) is 30.9 Å². The number of rotatable bonds is 15. The van der Waals surface area contributed by atoms with Gasteiger partial charge in [-0.25, -0.2) is 9.78 Å². The number of nitrogens with one attached hydrogen (secondary N) is 4. The lowest BCUT2D eigenvalue weighted by Crippen LogP contribution is -2.59. The number of hydrogen-bond acceptors (Lipinski definition) is 7. The molecule has 0 bridgehead atoms. The molecule has 5 atom stereocenters. The molecule has 0 aliphatic carbocycles. The van der Waals surface area contributed by atoms with Crippen LogP contribution in [-0.2, 0) is 38.4 Å². The van der Waals surface area contributed by atoms with Crippen molar-refractivity contribution in [3.8, 4) is 5.75 Å². The van der Waals surface area contributed by atoms with Crippen LogP contribution in [-0.4, -0.2) is 68.0 Å². The van der Waals surface area contributed by atoms with Gasteiger partial charge in [-0.1, -0.05) is 62.7 Å². The van der Waals surface area contributed by atoms with Gasteiger partial charge in [0, 0.05) is 31.2 Å². The Kier molecular flexibility index (Phi) is 11.6. The number of carboxylic acids is 1. The van der Waals surface area contributed by atoms with Crippen molar-refractivity contribution in [1.29, 1.82) is 0 Å². The number of phenolic OH excluding ortho intramolecular Hbond substituents is 1. The first-order valence-corrected chi connectivity index (χ1v) is 13.8. The number of carbonyl (C=O) groups is 4. The lowest BCUT2D eigenvalue weighted by molar-refractivity contribution is -0.142. The maximum Gasteiger partial charge on any atom is 0.326 e. The standard InChI is InChI=1S/C30H38N6O6/c1-3-18(2)26(29(40)35-25(30(41)42)14-19-7-5-4-6-8-19)36-28(39)24(13-20-9-11-22(37)12-10-20)34-27(38)23(31)15-21-16-32-17-33-21/h4-12,16-18,23-26,37H,3,13-15,31H2,1-2H3,(H,32,33)(H,34,38)(H,35,40)(H,36,39)(H,41,42). The highest BCUT2D eigenvalue weighted by atomic mass is 16.4. The van der Waals surface area contributed by atoms with Gasteiger partial charge in [0.25, 0.3) is 0 Å². The van der Waals surface area contributed by atoms with Crippen molar-refractivity contribution in [2.75, 3.05) is 0 Å². The second-order valence-electron chi connectivity index (χ2n) is 10.3. The summed E-state index contributed by atoms with van der Waals surface area (Å²) in [6.07, 6.45) is 3.81. The van der Waals surface area contributed by atoms with E-state index < -0.39 is 47.9 Å². The Morgan fingerprint density at radius 3 is 2.07 bits per heavy atom.